The molecule has 0 aliphatic heterocycles. The van der Waals surface area contributed by atoms with Crippen LogP contribution in [0, 0.1) is 0 Å². The van der Waals surface area contributed by atoms with E-state index in [-0.39, 0.29) is 16.6 Å². The SMILES string of the molecule is CC(=O)c1ccc(S(=O)(=O)Nc2ccc(C(=O)Nc3ccc4c(c3)CCC4)cc2)cc1. The van der Waals surface area contributed by atoms with E-state index in [9.17, 15) is 18.0 Å². The van der Waals surface area contributed by atoms with Gasteiger partial charge >= 0.3 is 0 Å². The third-order valence-electron chi connectivity index (χ3n) is 5.33. The number of carbonyl (C=O) groups excluding carboxylic acids is 2. The predicted molar refractivity (Wildman–Crippen MR) is 120 cm³/mol. The number of benzene rings is 3. The highest BCUT2D eigenvalue weighted by Gasteiger charge is 2.16. The zero-order valence-electron chi connectivity index (χ0n) is 17.0. The molecule has 158 valence electrons. The lowest BCUT2D eigenvalue weighted by molar-refractivity contribution is 0.101. The standard InChI is InChI=1S/C24H22N2O4S/c1-16(27)17-8-13-23(14-9-17)31(29,30)26-21-10-6-19(7-11-21)24(28)25-22-12-5-18-3-2-4-20(18)15-22/h5-15,26H,2-4H2,1H3,(H,25,28). The molecule has 6 nitrogen and oxygen atoms in total. The van der Waals surface area contributed by atoms with Crippen molar-refractivity contribution in [2.75, 3.05) is 10.0 Å². The third-order valence-corrected chi connectivity index (χ3v) is 6.72. The maximum Gasteiger partial charge on any atom is 0.261 e. The number of Topliss-reactive ketones (excluding diaryl/α,β-unsaturated/α-hetero) is 1. The highest BCUT2D eigenvalue weighted by molar-refractivity contribution is 7.92. The van der Waals surface area contributed by atoms with Gasteiger partial charge in [0, 0.05) is 22.5 Å². The maximum absolute atomic E-state index is 12.6. The molecule has 0 bridgehead atoms. The molecule has 1 aliphatic carbocycles. The van der Waals surface area contributed by atoms with Gasteiger partial charge < -0.3 is 5.32 Å². The smallest absolute Gasteiger partial charge is 0.261 e. The molecule has 4 rings (SSSR count). The number of nitrogens with one attached hydrogen (secondary N) is 2. The molecule has 0 saturated carbocycles. The van der Waals surface area contributed by atoms with Crippen molar-refractivity contribution in [2.24, 2.45) is 0 Å². The van der Waals surface area contributed by atoms with E-state index in [4.69, 9.17) is 0 Å². The predicted octanol–water partition coefficient (Wildman–Crippen LogP) is 4.43. The number of amides is 1. The Bertz CT molecular complexity index is 1250. The summed E-state index contributed by atoms with van der Waals surface area (Å²) in [7, 11) is -3.81. The largest absolute Gasteiger partial charge is 0.322 e. The van der Waals surface area contributed by atoms with Crippen molar-refractivity contribution in [3.63, 3.8) is 0 Å². The van der Waals surface area contributed by atoms with Crippen molar-refractivity contribution in [3.8, 4) is 0 Å². The third kappa shape index (κ3) is 4.67. The van der Waals surface area contributed by atoms with Crippen LogP contribution >= 0.6 is 0 Å². The molecule has 1 amide bonds. The Morgan fingerprint density at radius 1 is 0.774 bits per heavy atom. The summed E-state index contributed by atoms with van der Waals surface area (Å²) in [5.41, 5.74) is 4.57. The fourth-order valence-corrected chi connectivity index (χ4v) is 4.68. The van der Waals surface area contributed by atoms with Gasteiger partial charge in [0.2, 0.25) is 0 Å². The molecule has 7 heteroatoms. The van der Waals surface area contributed by atoms with Crippen molar-refractivity contribution in [3.05, 3.63) is 89.0 Å². The van der Waals surface area contributed by atoms with Crippen LogP contribution < -0.4 is 10.0 Å². The van der Waals surface area contributed by atoms with E-state index in [1.807, 2.05) is 12.1 Å². The summed E-state index contributed by atoms with van der Waals surface area (Å²) in [6.07, 6.45) is 3.26. The summed E-state index contributed by atoms with van der Waals surface area (Å²) >= 11 is 0. The summed E-state index contributed by atoms with van der Waals surface area (Å²) in [5, 5.41) is 2.89. The van der Waals surface area contributed by atoms with Crippen LogP contribution in [-0.4, -0.2) is 20.1 Å². The summed E-state index contributed by atoms with van der Waals surface area (Å²) < 4.78 is 27.6. The first kappa shape index (κ1) is 20.8. The number of sulfonamides is 1. The van der Waals surface area contributed by atoms with Crippen LogP contribution in [-0.2, 0) is 22.9 Å². The van der Waals surface area contributed by atoms with Gasteiger partial charge in [0.25, 0.3) is 15.9 Å². The molecule has 31 heavy (non-hydrogen) atoms. The van der Waals surface area contributed by atoms with Gasteiger partial charge in [0.05, 0.1) is 4.90 Å². The van der Waals surface area contributed by atoms with Gasteiger partial charge in [0.15, 0.2) is 5.78 Å². The molecule has 0 fully saturated rings. The van der Waals surface area contributed by atoms with Crippen LogP contribution in [0.2, 0.25) is 0 Å². The number of anilines is 2. The molecule has 0 saturated heterocycles. The van der Waals surface area contributed by atoms with E-state index >= 15 is 0 Å². The van der Waals surface area contributed by atoms with Crippen LogP contribution in [0.15, 0.2) is 71.6 Å². The number of aryl methyl sites for hydroxylation is 2. The number of hydrogen-bond acceptors (Lipinski definition) is 4. The summed E-state index contributed by atoms with van der Waals surface area (Å²) in [6.45, 7) is 1.42. The van der Waals surface area contributed by atoms with Crippen molar-refractivity contribution < 1.29 is 18.0 Å². The fourth-order valence-electron chi connectivity index (χ4n) is 3.63. The second-order valence-electron chi connectivity index (χ2n) is 7.55. The van der Waals surface area contributed by atoms with Crippen LogP contribution in [0.25, 0.3) is 0 Å². The summed E-state index contributed by atoms with van der Waals surface area (Å²) in [5.74, 6) is -0.391. The lowest BCUT2D eigenvalue weighted by atomic mass is 10.1. The van der Waals surface area contributed by atoms with Gasteiger partial charge in [-0.2, -0.15) is 0 Å². The van der Waals surface area contributed by atoms with Gasteiger partial charge in [-0.05, 0) is 85.8 Å². The van der Waals surface area contributed by atoms with Crippen molar-refractivity contribution >= 4 is 33.1 Å². The lowest BCUT2D eigenvalue weighted by Gasteiger charge is -2.10. The van der Waals surface area contributed by atoms with Crippen LogP contribution in [0.1, 0.15) is 45.2 Å². The van der Waals surface area contributed by atoms with Crippen LogP contribution in [0.3, 0.4) is 0 Å². The van der Waals surface area contributed by atoms with E-state index in [1.165, 1.54) is 42.3 Å². The Morgan fingerprint density at radius 2 is 1.39 bits per heavy atom. The van der Waals surface area contributed by atoms with Gasteiger partial charge in [-0.3, -0.25) is 14.3 Å². The Hall–Kier alpha value is -3.45. The van der Waals surface area contributed by atoms with Crippen LogP contribution in [0.5, 0.6) is 0 Å². The second kappa shape index (κ2) is 8.35. The molecule has 0 radical (unpaired) electrons. The van der Waals surface area contributed by atoms with E-state index in [1.54, 1.807) is 24.3 Å². The molecule has 2 N–H and O–H groups in total. The van der Waals surface area contributed by atoms with Gasteiger partial charge in [-0.1, -0.05) is 18.2 Å². The minimum absolute atomic E-state index is 0.0518. The highest BCUT2D eigenvalue weighted by Crippen LogP contribution is 2.25. The maximum atomic E-state index is 12.6. The first-order chi connectivity index (χ1) is 14.8. The summed E-state index contributed by atoms with van der Waals surface area (Å²) in [4.78, 5) is 23.9. The average Bonchev–Trinajstić information content (AvgIpc) is 3.22. The number of fused-ring (bicyclic) bond motifs is 1. The minimum atomic E-state index is -3.81. The molecule has 1 aliphatic rings. The number of rotatable bonds is 6. The molecule has 0 heterocycles. The molecular formula is C24H22N2O4S. The molecule has 0 spiro atoms. The van der Waals surface area contributed by atoms with Gasteiger partial charge in [0.1, 0.15) is 0 Å². The van der Waals surface area contributed by atoms with E-state index in [0.29, 0.717) is 16.8 Å². The Morgan fingerprint density at radius 3 is 2.06 bits per heavy atom. The number of hydrogen-bond donors (Lipinski definition) is 2. The number of ketones is 1. The topological polar surface area (TPSA) is 92.3 Å². The van der Waals surface area contributed by atoms with Crippen LogP contribution in [0.4, 0.5) is 11.4 Å². The fraction of sp³-hybridized carbons (Fsp3) is 0.167. The zero-order chi connectivity index (χ0) is 22.0. The Kier molecular flexibility index (Phi) is 5.61. The monoisotopic (exact) mass is 434 g/mol. The quantitative estimate of drug-likeness (QED) is 0.562. The normalized spacial score (nSPS) is 12.8. The first-order valence-electron chi connectivity index (χ1n) is 9.99. The average molecular weight is 435 g/mol. The molecule has 3 aromatic carbocycles. The van der Waals surface area contributed by atoms with Gasteiger partial charge in [-0.15, -0.1) is 0 Å². The molecular weight excluding hydrogens is 412 g/mol. The van der Waals surface area contributed by atoms with E-state index < -0.39 is 10.0 Å². The van der Waals surface area contributed by atoms with E-state index in [2.05, 4.69) is 16.1 Å². The number of carbonyl (C=O) groups is 2. The zero-order valence-corrected chi connectivity index (χ0v) is 17.8. The Labute approximate surface area is 181 Å². The molecule has 0 atom stereocenters. The lowest BCUT2D eigenvalue weighted by Crippen LogP contribution is -2.14. The molecule has 0 unspecified atom stereocenters. The highest BCUT2D eigenvalue weighted by atomic mass is 32.2. The van der Waals surface area contributed by atoms with E-state index in [0.717, 1.165) is 24.9 Å². The minimum Gasteiger partial charge on any atom is -0.322 e. The first-order valence-corrected chi connectivity index (χ1v) is 11.5. The van der Waals surface area contributed by atoms with Gasteiger partial charge in [-0.25, -0.2) is 8.42 Å². The van der Waals surface area contributed by atoms with Crippen molar-refractivity contribution in [1.82, 2.24) is 0 Å². The Balaban J connectivity index is 1.43. The summed E-state index contributed by atoms with van der Waals surface area (Å²) in [6, 6.07) is 17.9. The van der Waals surface area contributed by atoms with Crippen molar-refractivity contribution in [2.45, 2.75) is 31.1 Å². The second-order valence-corrected chi connectivity index (χ2v) is 9.24. The van der Waals surface area contributed by atoms with Crippen molar-refractivity contribution in [1.29, 1.82) is 0 Å². The molecule has 3 aromatic rings. The molecule has 0 aromatic heterocycles.